The van der Waals surface area contributed by atoms with E-state index in [9.17, 15) is 14.4 Å². The Morgan fingerprint density at radius 3 is 2.43 bits per heavy atom. The zero-order valence-electron chi connectivity index (χ0n) is 13.4. The van der Waals surface area contributed by atoms with Gasteiger partial charge in [0.25, 0.3) is 0 Å². The van der Waals surface area contributed by atoms with Gasteiger partial charge in [0, 0.05) is 26.9 Å². The van der Waals surface area contributed by atoms with Gasteiger partial charge in [0.2, 0.25) is 11.8 Å². The molecule has 23 heavy (non-hydrogen) atoms. The average Bonchev–Trinajstić information content (AvgIpc) is 2.50. The Kier molecular flexibility index (Phi) is 7.59. The monoisotopic (exact) mass is 322 g/mol. The third kappa shape index (κ3) is 7.85. The summed E-state index contributed by atoms with van der Waals surface area (Å²) in [6, 6.07) is 7.18. The van der Waals surface area contributed by atoms with Crippen molar-refractivity contribution in [3.8, 4) is 5.75 Å². The largest absolute Gasteiger partial charge is 0.494 e. The number of likely N-dealkylation sites (N-methyl/N-ethyl adjacent to an activating group) is 1. The Balaban J connectivity index is 2.32. The summed E-state index contributed by atoms with van der Waals surface area (Å²) in [6.45, 7) is 2.15. The standard InChI is InChI=1S/C16H22N2O5/c1-12(19)18(2)11-15(20)17-10-13-5-7-14(8-6-13)23-9-3-4-16(21)22/h5-8H,3-4,9-11H2,1-2H3,(H,17,20)(H,21,22). The van der Waals surface area contributed by atoms with Gasteiger partial charge < -0.3 is 20.1 Å². The first-order valence-corrected chi connectivity index (χ1v) is 7.30. The number of rotatable bonds is 9. The van der Waals surface area contributed by atoms with E-state index in [1.165, 1.54) is 11.8 Å². The fourth-order valence-electron chi connectivity index (χ4n) is 1.70. The van der Waals surface area contributed by atoms with E-state index in [1.807, 2.05) is 12.1 Å². The molecule has 1 aromatic rings. The van der Waals surface area contributed by atoms with Crippen molar-refractivity contribution in [1.29, 1.82) is 0 Å². The van der Waals surface area contributed by atoms with E-state index in [1.54, 1.807) is 19.2 Å². The number of benzene rings is 1. The zero-order valence-corrected chi connectivity index (χ0v) is 13.4. The third-order valence-corrected chi connectivity index (χ3v) is 3.14. The van der Waals surface area contributed by atoms with Gasteiger partial charge in [-0.15, -0.1) is 0 Å². The number of hydrogen-bond donors (Lipinski definition) is 2. The van der Waals surface area contributed by atoms with Crippen LogP contribution in [0.4, 0.5) is 0 Å². The molecule has 1 rings (SSSR count). The minimum atomic E-state index is -0.838. The van der Waals surface area contributed by atoms with Crippen molar-refractivity contribution in [2.24, 2.45) is 0 Å². The number of carbonyl (C=O) groups excluding carboxylic acids is 2. The zero-order chi connectivity index (χ0) is 17.2. The van der Waals surface area contributed by atoms with E-state index in [-0.39, 0.29) is 24.8 Å². The lowest BCUT2D eigenvalue weighted by Crippen LogP contribution is -2.36. The van der Waals surface area contributed by atoms with Gasteiger partial charge in [-0.2, -0.15) is 0 Å². The Morgan fingerprint density at radius 1 is 1.22 bits per heavy atom. The molecule has 0 fully saturated rings. The topological polar surface area (TPSA) is 95.9 Å². The van der Waals surface area contributed by atoms with Crippen molar-refractivity contribution in [3.63, 3.8) is 0 Å². The van der Waals surface area contributed by atoms with Crippen molar-refractivity contribution < 1.29 is 24.2 Å². The summed E-state index contributed by atoms with van der Waals surface area (Å²) in [5.74, 6) is -0.571. The number of aliphatic carboxylic acids is 1. The molecule has 0 aliphatic heterocycles. The molecule has 0 radical (unpaired) electrons. The molecule has 0 bridgehead atoms. The van der Waals surface area contributed by atoms with Gasteiger partial charge in [0.15, 0.2) is 0 Å². The van der Waals surface area contributed by atoms with Crippen LogP contribution in [0.3, 0.4) is 0 Å². The van der Waals surface area contributed by atoms with Gasteiger partial charge in [-0.3, -0.25) is 14.4 Å². The van der Waals surface area contributed by atoms with Gasteiger partial charge in [-0.25, -0.2) is 0 Å². The molecule has 0 aromatic heterocycles. The molecule has 0 saturated carbocycles. The molecule has 126 valence electrons. The van der Waals surface area contributed by atoms with Crippen LogP contribution in [0.1, 0.15) is 25.3 Å². The van der Waals surface area contributed by atoms with Crippen LogP contribution in [-0.4, -0.2) is 48.0 Å². The minimum absolute atomic E-state index is 0.0279. The second-order valence-corrected chi connectivity index (χ2v) is 5.14. The van der Waals surface area contributed by atoms with Crippen molar-refractivity contribution in [2.45, 2.75) is 26.3 Å². The first-order chi connectivity index (χ1) is 10.9. The number of nitrogens with zero attached hydrogens (tertiary/aromatic N) is 1. The second-order valence-electron chi connectivity index (χ2n) is 5.14. The lowest BCUT2D eigenvalue weighted by atomic mass is 10.2. The van der Waals surface area contributed by atoms with Gasteiger partial charge in [0.1, 0.15) is 5.75 Å². The molecule has 0 atom stereocenters. The number of amides is 2. The summed E-state index contributed by atoms with van der Waals surface area (Å²) in [5, 5.41) is 11.3. The van der Waals surface area contributed by atoms with E-state index < -0.39 is 5.97 Å². The summed E-state index contributed by atoms with van der Waals surface area (Å²) >= 11 is 0. The van der Waals surface area contributed by atoms with E-state index in [0.717, 1.165) is 5.56 Å². The summed E-state index contributed by atoms with van der Waals surface area (Å²) in [4.78, 5) is 34.4. The molecule has 7 heteroatoms. The number of ether oxygens (including phenoxy) is 1. The molecule has 0 spiro atoms. The number of nitrogens with one attached hydrogen (secondary N) is 1. The maximum Gasteiger partial charge on any atom is 0.303 e. The number of carbonyl (C=O) groups is 3. The predicted octanol–water partition coefficient (Wildman–Crippen LogP) is 1.02. The Hall–Kier alpha value is -2.57. The summed E-state index contributed by atoms with van der Waals surface area (Å²) in [7, 11) is 1.57. The highest BCUT2D eigenvalue weighted by Gasteiger charge is 2.08. The van der Waals surface area contributed by atoms with Crippen LogP contribution in [0.15, 0.2) is 24.3 Å². The lowest BCUT2D eigenvalue weighted by molar-refractivity contribution is -0.137. The number of hydrogen-bond acceptors (Lipinski definition) is 4. The highest BCUT2D eigenvalue weighted by Crippen LogP contribution is 2.12. The lowest BCUT2D eigenvalue weighted by Gasteiger charge is -2.14. The Morgan fingerprint density at radius 2 is 1.87 bits per heavy atom. The summed E-state index contributed by atoms with van der Waals surface area (Å²) in [5.41, 5.74) is 0.904. The second kappa shape index (κ2) is 9.45. The molecule has 7 nitrogen and oxygen atoms in total. The summed E-state index contributed by atoms with van der Waals surface area (Å²) in [6.07, 6.45) is 0.537. The van der Waals surface area contributed by atoms with Crippen LogP contribution in [0.5, 0.6) is 5.75 Å². The quantitative estimate of drug-likeness (QED) is 0.662. The third-order valence-electron chi connectivity index (χ3n) is 3.14. The van der Waals surface area contributed by atoms with E-state index in [4.69, 9.17) is 9.84 Å². The van der Waals surface area contributed by atoms with Gasteiger partial charge in [-0.05, 0) is 24.1 Å². The van der Waals surface area contributed by atoms with Crippen LogP contribution in [0, 0.1) is 0 Å². The van der Waals surface area contributed by atoms with Gasteiger partial charge in [-0.1, -0.05) is 12.1 Å². The molecule has 0 aliphatic carbocycles. The Labute approximate surface area is 135 Å². The number of carboxylic acid groups (broad SMARTS) is 1. The van der Waals surface area contributed by atoms with E-state index >= 15 is 0 Å². The molecule has 2 N–H and O–H groups in total. The maximum absolute atomic E-state index is 11.6. The van der Waals surface area contributed by atoms with Crippen molar-refractivity contribution in [1.82, 2.24) is 10.2 Å². The first kappa shape index (κ1) is 18.5. The van der Waals surface area contributed by atoms with Crippen LogP contribution < -0.4 is 10.1 Å². The highest BCUT2D eigenvalue weighted by atomic mass is 16.5. The van der Waals surface area contributed by atoms with Crippen LogP contribution in [-0.2, 0) is 20.9 Å². The molecule has 0 unspecified atom stereocenters. The average molecular weight is 322 g/mol. The highest BCUT2D eigenvalue weighted by molar-refractivity contribution is 5.83. The molecular weight excluding hydrogens is 300 g/mol. The smallest absolute Gasteiger partial charge is 0.303 e. The minimum Gasteiger partial charge on any atom is -0.494 e. The van der Waals surface area contributed by atoms with E-state index in [0.29, 0.717) is 25.3 Å². The SMILES string of the molecule is CC(=O)N(C)CC(=O)NCc1ccc(OCCCC(=O)O)cc1. The van der Waals surface area contributed by atoms with Gasteiger partial charge in [0.05, 0.1) is 13.2 Å². The predicted molar refractivity (Wildman–Crippen MR) is 84.0 cm³/mol. The molecule has 0 aliphatic rings. The van der Waals surface area contributed by atoms with Crippen molar-refractivity contribution in [3.05, 3.63) is 29.8 Å². The first-order valence-electron chi connectivity index (χ1n) is 7.30. The molecular formula is C16H22N2O5. The van der Waals surface area contributed by atoms with Crippen molar-refractivity contribution in [2.75, 3.05) is 20.2 Å². The van der Waals surface area contributed by atoms with Crippen LogP contribution in [0.2, 0.25) is 0 Å². The normalized spacial score (nSPS) is 10.0. The number of carboxylic acids is 1. The molecule has 1 aromatic carbocycles. The fourth-order valence-corrected chi connectivity index (χ4v) is 1.70. The van der Waals surface area contributed by atoms with Crippen molar-refractivity contribution >= 4 is 17.8 Å². The van der Waals surface area contributed by atoms with Crippen LogP contribution >= 0.6 is 0 Å². The van der Waals surface area contributed by atoms with E-state index in [2.05, 4.69) is 5.32 Å². The van der Waals surface area contributed by atoms with Crippen LogP contribution in [0.25, 0.3) is 0 Å². The molecule has 0 heterocycles. The molecule has 2 amide bonds. The summed E-state index contributed by atoms with van der Waals surface area (Å²) < 4.78 is 5.42. The molecule has 0 saturated heterocycles. The Bertz CT molecular complexity index is 542. The maximum atomic E-state index is 11.6. The van der Waals surface area contributed by atoms with Gasteiger partial charge >= 0.3 is 5.97 Å². The fraction of sp³-hybridized carbons (Fsp3) is 0.438.